The van der Waals surface area contributed by atoms with Crippen molar-refractivity contribution in [3.63, 3.8) is 0 Å². The van der Waals surface area contributed by atoms with Crippen molar-refractivity contribution in [1.29, 1.82) is 5.26 Å². The molecule has 0 amide bonds. The molecule has 0 fully saturated rings. The number of anilines is 2. The number of benzene rings is 2. The first-order chi connectivity index (χ1) is 9.60. The molecule has 3 nitrogen and oxygen atoms in total. The molecule has 0 bridgehead atoms. The molecule has 0 atom stereocenters. The summed E-state index contributed by atoms with van der Waals surface area (Å²) in [5, 5.41) is 12.3. The topological polar surface area (TPSA) is 45.0 Å². The number of rotatable bonds is 4. The maximum atomic E-state index is 12.3. The third kappa shape index (κ3) is 3.37. The highest BCUT2D eigenvalue weighted by molar-refractivity contribution is 6.30. The summed E-state index contributed by atoms with van der Waals surface area (Å²) in [7, 11) is 0. The predicted octanol–water partition coefficient (Wildman–Crippen LogP) is 4.56. The van der Waals surface area contributed by atoms with Gasteiger partial charge in [0.15, 0.2) is 0 Å². The number of nitrogens with one attached hydrogen (secondary N) is 1. The van der Waals surface area contributed by atoms with E-state index in [0.717, 1.165) is 0 Å². The third-order valence-electron chi connectivity index (χ3n) is 2.47. The Bertz CT molecular complexity index is 656. The Morgan fingerprint density at radius 3 is 2.60 bits per heavy atom. The Hall–Kier alpha value is -2.32. The molecule has 0 aliphatic carbocycles. The fourth-order valence-electron chi connectivity index (χ4n) is 1.63. The average molecular weight is 295 g/mol. The Balaban J connectivity index is 2.33. The van der Waals surface area contributed by atoms with Crippen LogP contribution in [0, 0.1) is 11.3 Å². The molecule has 0 aliphatic rings. The minimum absolute atomic E-state index is 0.00124. The molecule has 0 radical (unpaired) electrons. The lowest BCUT2D eigenvalue weighted by molar-refractivity contribution is -0.0493. The van der Waals surface area contributed by atoms with Crippen molar-refractivity contribution in [2.45, 2.75) is 6.61 Å². The normalized spacial score (nSPS) is 10.2. The lowest BCUT2D eigenvalue weighted by atomic mass is 10.2. The summed E-state index contributed by atoms with van der Waals surface area (Å²) in [6.07, 6.45) is 0. The average Bonchev–Trinajstić information content (AvgIpc) is 2.42. The van der Waals surface area contributed by atoms with Gasteiger partial charge in [-0.2, -0.15) is 14.0 Å². The van der Waals surface area contributed by atoms with Gasteiger partial charge in [0.1, 0.15) is 11.8 Å². The number of para-hydroxylation sites is 2. The van der Waals surface area contributed by atoms with E-state index in [-0.39, 0.29) is 5.75 Å². The molecule has 20 heavy (non-hydrogen) atoms. The molecule has 2 aromatic rings. The monoisotopic (exact) mass is 294 g/mol. The highest BCUT2D eigenvalue weighted by atomic mass is 35.5. The number of nitriles is 1. The summed E-state index contributed by atoms with van der Waals surface area (Å²) >= 11 is 5.80. The second kappa shape index (κ2) is 6.22. The lowest BCUT2D eigenvalue weighted by Crippen LogP contribution is -2.04. The van der Waals surface area contributed by atoms with Gasteiger partial charge in [-0.15, -0.1) is 0 Å². The van der Waals surface area contributed by atoms with Gasteiger partial charge in [-0.05, 0) is 30.3 Å². The van der Waals surface area contributed by atoms with Crippen LogP contribution in [0.5, 0.6) is 5.75 Å². The molecule has 2 rings (SSSR count). The van der Waals surface area contributed by atoms with Crippen molar-refractivity contribution in [1.82, 2.24) is 0 Å². The van der Waals surface area contributed by atoms with Crippen LogP contribution in [0.2, 0.25) is 5.02 Å². The van der Waals surface area contributed by atoms with Crippen molar-refractivity contribution in [2.75, 3.05) is 5.32 Å². The zero-order valence-corrected chi connectivity index (χ0v) is 10.9. The van der Waals surface area contributed by atoms with Gasteiger partial charge in [0.25, 0.3) is 0 Å². The highest BCUT2D eigenvalue weighted by Crippen LogP contribution is 2.30. The number of hydrogen-bond donors (Lipinski definition) is 1. The molecule has 0 aliphatic heterocycles. The molecule has 0 aromatic heterocycles. The van der Waals surface area contributed by atoms with Crippen molar-refractivity contribution < 1.29 is 13.5 Å². The van der Waals surface area contributed by atoms with Gasteiger partial charge in [-0.3, -0.25) is 0 Å². The number of ether oxygens (including phenoxy) is 1. The number of nitrogens with zero attached hydrogens (tertiary/aromatic N) is 1. The number of hydrogen-bond acceptors (Lipinski definition) is 3. The maximum Gasteiger partial charge on any atom is 0.387 e. The molecule has 1 N–H and O–H groups in total. The van der Waals surface area contributed by atoms with Crippen LogP contribution in [0.15, 0.2) is 42.5 Å². The van der Waals surface area contributed by atoms with E-state index in [1.165, 1.54) is 12.1 Å². The van der Waals surface area contributed by atoms with Gasteiger partial charge in [0.05, 0.1) is 16.9 Å². The largest absolute Gasteiger partial charge is 0.433 e. The first-order valence-corrected chi connectivity index (χ1v) is 5.98. The van der Waals surface area contributed by atoms with Crippen LogP contribution < -0.4 is 10.1 Å². The Morgan fingerprint density at radius 2 is 1.90 bits per heavy atom. The fraction of sp³-hybridized carbons (Fsp3) is 0.0714. The summed E-state index contributed by atoms with van der Waals surface area (Å²) < 4.78 is 29.0. The Kier molecular flexibility index (Phi) is 4.38. The zero-order chi connectivity index (χ0) is 14.5. The number of alkyl halides is 2. The van der Waals surface area contributed by atoms with Crippen molar-refractivity contribution >= 4 is 23.0 Å². The Labute approximate surface area is 119 Å². The fourth-order valence-corrected chi connectivity index (χ4v) is 1.80. The zero-order valence-electron chi connectivity index (χ0n) is 10.1. The van der Waals surface area contributed by atoms with E-state index in [4.69, 9.17) is 16.9 Å². The summed E-state index contributed by atoms with van der Waals surface area (Å²) in [6.45, 7) is -2.92. The minimum Gasteiger partial charge on any atom is -0.433 e. The summed E-state index contributed by atoms with van der Waals surface area (Å²) in [5.41, 5.74) is 1.11. The van der Waals surface area contributed by atoms with E-state index in [1.807, 2.05) is 6.07 Å². The quantitative estimate of drug-likeness (QED) is 0.899. The first kappa shape index (κ1) is 14.1. The van der Waals surface area contributed by atoms with E-state index in [0.29, 0.717) is 22.0 Å². The summed E-state index contributed by atoms with van der Waals surface area (Å²) in [6, 6.07) is 12.9. The van der Waals surface area contributed by atoms with Gasteiger partial charge in [0, 0.05) is 5.02 Å². The lowest BCUT2D eigenvalue weighted by Gasteiger charge is -2.13. The van der Waals surface area contributed by atoms with Crippen LogP contribution in [-0.2, 0) is 0 Å². The van der Waals surface area contributed by atoms with E-state index >= 15 is 0 Å². The maximum absolute atomic E-state index is 12.3. The van der Waals surface area contributed by atoms with Crippen LogP contribution in [-0.4, -0.2) is 6.61 Å². The van der Waals surface area contributed by atoms with E-state index in [1.54, 1.807) is 30.3 Å². The second-order valence-corrected chi connectivity index (χ2v) is 4.24. The Morgan fingerprint density at radius 1 is 1.15 bits per heavy atom. The van der Waals surface area contributed by atoms with Crippen LogP contribution in [0.25, 0.3) is 0 Å². The highest BCUT2D eigenvalue weighted by Gasteiger charge is 2.10. The van der Waals surface area contributed by atoms with Crippen LogP contribution >= 0.6 is 11.6 Å². The predicted molar refractivity (Wildman–Crippen MR) is 72.5 cm³/mol. The van der Waals surface area contributed by atoms with E-state index in [2.05, 4.69) is 10.1 Å². The molecule has 2 aromatic carbocycles. The molecule has 0 saturated heterocycles. The molecule has 0 unspecified atom stereocenters. The first-order valence-electron chi connectivity index (χ1n) is 5.60. The minimum atomic E-state index is -2.92. The van der Waals surface area contributed by atoms with Crippen molar-refractivity contribution in [2.24, 2.45) is 0 Å². The second-order valence-electron chi connectivity index (χ2n) is 3.80. The van der Waals surface area contributed by atoms with E-state index < -0.39 is 6.61 Å². The van der Waals surface area contributed by atoms with Gasteiger partial charge >= 0.3 is 6.61 Å². The van der Waals surface area contributed by atoms with Gasteiger partial charge in [-0.1, -0.05) is 23.7 Å². The molecular weight excluding hydrogens is 286 g/mol. The molecule has 6 heteroatoms. The van der Waals surface area contributed by atoms with Gasteiger partial charge in [0.2, 0.25) is 0 Å². The van der Waals surface area contributed by atoms with Crippen LogP contribution in [0.4, 0.5) is 20.2 Å². The van der Waals surface area contributed by atoms with Crippen molar-refractivity contribution in [3.8, 4) is 11.8 Å². The molecule has 102 valence electrons. The summed E-state index contributed by atoms with van der Waals surface area (Å²) in [4.78, 5) is 0. The van der Waals surface area contributed by atoms with Crippen LogP contribution in [0.1, 0.15) is 5.56 Å². The van der Waals surface area contributed by atoms with Crippen molar-refractivity contribution in [3.05, 3.63) is 53.1 Å². The van der Waals surface area contributed by atoms with Gasteiger partial charge < -0.3 is 10.1 Å². The SMILES string of the molecule is N#Cc1cc(Cl)ccc1Nc1ccccc1OC(F)F. The third-order valence-corrected chi connectivity index (χ3v) is 2.71. The number of halogens is 3. The van der Waals surface area contributed by atoms with E-state index in [9.17, 15) is 8.78 Å². The summed E-state index contributed by atoms with van der Waals surface area (Å²) in [5.74, 6) is 0.00124. The van der Waals surface area contributed by atoms with Crippen LogP contribution in [0.3, 0.4) is 0 Å². The molecular formula is C14H9ClF2N2O. The van der Waals surface area contributed by atoms with Gasteiger partial charge in [-0.25, -0.2) is 0 Å². The molecule has 0 saturated carbocycles. The smallest absolute Gasteiger partial charge is 0.387 e. The molecule has 0 spiro atoms. The standard InChI is InChI=1S/C14H9ClF2N2O/c15-10-5-6-11(9(7-10)8-18)19-12-3-1-2-4-13(12)20-14(16)17/h1-7,14,19H. The molecule has 0 heterocycles.